The normalized spacial score (nSPS) is 17.1. The number of sulfone groups is 1. The summed E-state index contributed by atoms with van der Waals surface area (Å²) >= 11 is 0. The van der Waals surface area contributed by atoms with Crippen LogP contribution in [-0.4, -0.2) is 62.5 Å². The van der Waals surface area contributed by atoms with Gasteiger partial charge in [0.25, 0.3) is 0 Å². The number of guanidine groups is 1. The number of halogens is 1. The van der Waals surface area contributed by atoms with Crippen molar-refractivity contribution in [3.05, 3.63) is 35.9 Å². The number of nitrogens with zero attached hydrogens (tertiary/aromatic N) is 2. The Labute approximate surface area is 187 Å². The van der Waals surface area contributed by atoms with Gasteiger partial charge in [-0.05, 0) is 39.2 Å². The molecule has 6 nitrogen and oxygen atoms in total. The Morgan fingerprint density at radius 1 is 1.18 bits per heavy atom. The third-order valence-corrected chi connectivity index (χ3v) is 7.60. The van der Waals surface area contributed by atoms with Crippen LogP contribution in [0.15, 0.2) is 35.3 Å². The monoisotopic (exact) mass is 522 g/mol. The lowest BCUT2D eigenvalue weighted by molar-refractivity contribution is 0.198. The fourth-order valence-electron chi connectivity index (χ4n) is 3.08. The molecule has 1 aliphatic heterocycles. The zero-order valence-corrected chi connectivity index (χ0v) is 20.6. The first-order chi connectivity index (χ1) is 12.7. The van der Waals surface area contributed by atoms with Gasteiger partial charge in [-0.1, -0.05) is 30.3 Å². The van der Waals surface area contributed by atoms with Crippen molar-refractivity contribution in [2.24, 2.45) is 4.99 Å². The van der Waals surface area contributed by atoms with E-state index in [0.29, 0.717) is 18.5 Å². The van der Waals surface area contributed by atoms with Crippen molar-refractivity contribution in [3.63, 3.8) is 0 Å². The first-order valence-electron chi connectivity index (χ1n) is 9.67. The van der Waals surface area contributed by atoms with Gasteiger partial charge in [0, 0.05) is 39.3 Å². The van der Waals surface area contributed by atoms with Crippen LogP contribution in [0.1, 0.15) is 39.2 Å². The number of rotatable bonds is 6. The van der Waals surface area contributed by atoms with E-state index in [4.69, 9.17) is 0 Å². The van der Waals surface area contributed by atoms with Gasteiger partial charge >= 0.3 is 0 Å². The second-order valence-electron chi connectivity index (χ2n) is 8.11. The highest BCUT2D eigenvalue weighted by atomic mass is 127. The zero-order valence-electron chi connectivity index (χ0n) is 17.4. The van der Waals surface area contributed by atoms with Crippen LogP contribution in [0.25, 0.3) is 0 Å². The zero-order chi connectivity index (χ0) is 19.9. The molecule has 1 aliphatic rings. The van der Waals surface area contributed by atoms with E-state index in [1.807, 2.05) is 6.07 Å². The second-order valence-corrected chi connectivity index (χ2v) is 11.0. The number of hydrogen-bond donors (Lipinski definition) is 2. The molecule has 2 N–H and O–H groups in total. The highest BCUT2D eigenvalue weighted by Crippen LogP contribution is 2.15. The summed E-state index contributed by atoms with van der Waals surface area (Å²) in [5, 5.41) is 6.57. The first-order valence-corrected chi connectivity index (χ1v) is 11.3. The molecule has 2 rings (SSSR count). The summed E-state index contributed by atoms with van der Waals surface area (Å²) < 4.78 is 23.7. The topological polar surface area (TPSA) is 73.8 Å². The lowest BCUT2D eigenvalue weighted by Crippen LogP contribution is -2.49. The van der Waals surface area contributed by atoms with Crippen LogP contribution in [-0.2, 0) is 16.4 Å². The van der Waals surface area contributed by atoms with E-state index in [9.17, 15) is 8.42 Å². The van der Waals surface area contributed by atoms with E-state index in [1.54, 1.807) is 27.8 Å². The fourth-order valence-corrected chi connectivity index (χ4v) is 4.06. The van der Waals surface area contributed by atoms with Crippen molar-refractivity contribution in [1.82, 2.24) is 15.5 Å². The molecule has 0 aromatic heterocycles. The number of piperidine rings is 1. The number of aliphatic imine (C=N–C) groups is 1. The Hall–Kier alpha value is -0.870. The van der Waals surface area contributed by atoms with Crippen LogP contribution in [0.2, 0.25) is 0 Å². The third kappa shape index (κ3) is 7.87. The van der Waals surface area contributed by atoms with Crippen molar-refractivity contribution in [2.45, 2.75) is 50.9 Å². The summed E-state index contributed by atoms with van der Waals surface area (Å²) in [6.07, 6.45) is 2.10. The van der Waals surface area contributed by atoms with Gasteiger partial charge < -0.3 is 10.6 Å². The van der Waals surface area contributed by atoms with Crippen LogP contribution in [0, 0.1) is 0 Å². The quantitative estimate of drug-likeness (QED) is 0.342. The molecule has 0 bridgehead atoms. The molecule has 0 atom stereocenters. The largest absolute Gasteiger partial charge is 0.355 e. The van der Waals surface area contributed by atoms with Crippen LogP contribution >= 0.6 is 24.0 Å². The molecule has 0 aliphatic carbocycles. The summed E-state index contributed by atoms with van der Waals surface area (Å²) in [6, 6.07) is 10.9. The van der Waals surface area contributed by atoms with Gasteiger partial charge in [0.15, 0.2) is 15.8 Å². The van der Waals surface area contributed by atoms with E-state index in [0.717, 1.165) is 32.5 Å². The standard InChI is InChI=1S/C20H34N4O2S.HI/c1-20(2,3)27(25,26)15-12-22-19(21-4)23-18-10-13-24(14-11-18)16-17-8-6-5-7-9-17;/h5-9,18H,10-16H2,1-4H3,(H2,21,22,23);1H. The van der Waals surface area contributed by atoms with Crippen molar-refractivity contribution in [2.75, 3.05) is 32.4 Å². The van der Waals surface area contributed by atoms with Gasteiger partial charge in [0.05, 0.1) is 10.5 Å². The minimum Gasteiger partial charge on any atom is -0.355 e. The molecule has 1 aromatic rings. The minimum atomic E-state index is -3.12. The molecule has 8 heteroatoms. The highest BCUT2D eigenvalue weighted by Gasteiger charge is 2.28. The molecule has 0 saturated carbocycles. The molecule has 1 saturated heterocycles. The molecule has 0 unspecified atom stereocenters. The molecule has 28 heavy (non-hydrogen) atoms. The van der Waals surface area contributed by atoms with Crippen LogP contribution in [0.5, 0.6) is 0 Å². The van der Waals surface area contributed by atoms with Gasteiger partial charge in [-0.2, -0.15) is 0 Å². The van der Waals surface area contributed by atoms with Crippen molar-refractivity contribution in [3.8, 4) is 0 Å². The van der Waals surface area contributed by atoms with Gasteiger partial charge in [0.1, 0.15) is 0 Å². The smallest absolute Gasteiger partial charge is 0.191 e. The third-order valence-electron chi connectivity index (χ3n) is 5.00. The number of benzene rings is 1. The predicted molar refractivity (Wildman–Crippen MR) is 128 cm³/mol. The number of likely N-dealkylation sites (tertiary alicyclic amines) is 1. The SMILES string of the molecule is CN=C(NCCS(=O)(=O)C(C)(C)C)NC1CCN(Cc2ccccc2)CC1.I. The van der Waals surface area contributed by atoms with Crippen LogP contribution in [0.3, 0.4) is 0 Å². The van der Waals surface area contributed by atoms with Gasteiger partial charge in [-0.3, -0.25) is 9.89 Å². The molecule has 1 fully saturated rings. The maximum Gasteiger partial charge on any atom is 0.191 e. The molecule has 1 heterocycles. The maximum absolute atomic E-state index is 12.2. The second kappa shape index (κ2) is 11.3. The van der Waals surface area contributed by atoms with Crippen molar-refractivity contribution in [1.29, 1.82) is 0 Å². The summed E-state index contributed by atoms with van der Waals surface area (Å²) in [7, 11) is -1.40. The average Bonchev–Trinajstić information content (AvgIpc) is 2.62. The Balaban J connectivity index is 0.00000392. The van der Waals surface area contributed by atoms with Gasteiger partial charge in [-0.15, -0.1) is 24.0 Å². The Bertz CT molecular complexity index is 709. The lowest BCUT2D eigenvalue weighted by Gasteiger charge is -2.33. The minimum absolute atomic E-state index is 0. The van der Waals surface area contributed by atoms with E-state index >= 15 is 0 Å². The Kier molecular flexibility index (Phi) is 10.2. The Morgan fingerprint density at radius 3 is 2.32 bits per heavy atom. The maximum atomic E-state index is 12.2. The highest BCUT2D eigenvalue weighted by molar-refractivity contribution is 14.0. The van der Waals surface area contributed by atoms with E-state index < -0.39 is 14.6 Å². The first kappa shape index (κ1) is 25.2. The molecular formula is C20H35IN4O2S. The average molecular weight is 522 g/mol. The molecule has 0 amide bonds. The van der Waals surface area contributed by atoms with Crippen LogP contribution < -0.4 is 10.6 Å². The summed E-state index contributed by atoms with van der Waals surface area (Å²) in [6.45, 7) is 8.65. The van der Waals surface area contributed by atoms with E-state index in [1.165, 1.54) is 5.56 Å². The molecule has 0 spiro atoms. The van der Waals surface area contributed by atoms with Crippen molar-refractivity contribution < 1.29 is 8.42 Å². The van der Waals surface area contributed by atoms with Gasteiger partial charge in [-0.25, -0.2) is 8.42 Å². The van der Waals surface area contributed by atoms with Gasteiger partial charge in [0.2, 0.25) is 0 Å². The number of hydrogen-bond acceptors (Lipinski definition) is 4. The van der Waals surface area contributed by atoms with E-state index in [2.05, 4.69) is 44.8 Å². The lowest BCUT2D eigenvalue weighted by atomic mass is 10.0. The molecular weight excluding hydrogens is 487 g/mol. The summed E-state index contributed by atoms with van der Waals surface area (Å²) in [5.74, 6) is 0.785. The Morgan fingerprint density at radius 2 is 1.79 bits per heavy atom. The fraction of sp³-hybridized carbons (Fsp3) is 0.650. The summed E-state index contributed by atoms with van der Waals surface area (Å²) in [4.78, 5) is 6.71. The van der Waals surface area contributed by atoms with Crippen molar-refractivity contribution >= 4 is 39.8 Å². The van der Waals surface area contributed by atoms with E-state index in [-0.39, 0.29) is 29.7 Å². The van der Waals surface area contributed by atoms with Crippen LogP contribution in [0.4, 0.5) is 0 Å². The molecule has 0 radical (unpaired) electrons. The molecule has 160 valence electrons. The number of nitrogens with one attached hydrogen (secondary N) is 2. The predicted octanol–water partition coefficient (Wildman–Crippen LogP) is 2.65. The molecule has 1 aromatic carbocycles. The summed E-state index contributed by atoms with van der Waals surface area (Å²) in [5.41, 5.74) is 1.35.